The van der Waals surface area contributed by atoms with Gasteiger partial charge in [-0.15, -0.1) is 0 Å². The van der Waals surface area contributed by atoms with Gasteiger partial charge < -0.3 is 0 Å². The molecule has 0 spiro atoms. The molecule has 0 aliphatic heterocycles. The van der Waals surface area contributed by atoms with Crippen molar-refractivity contribution in [2.75, 3.05) is 0 Å². The van der Waals surface area contributed by atoms with Gasteiger partial charge >= 0.3 is 0 Å². The average molecular weight is 273 g/mol. The van der Waals surface area contributed by atoms with Crippen LogP contribution in [-0.2, 0) is 0 Å². The van der Waals surface area contributed by atoms with Crippen molar-refractivity contribution >= 4 is 11.0 Å². The normalized spacial score (nSPS) is 10.9. The Hall–Kier alpha value is -3.08. The maximum atomic E-state index is 4.66. The van der Waals surface area contributed by atoms with E-state index in [0.29, 0.717) is 0 Å². The maximum Gasteiger partial charge on any atom is 0.0930 e. The molecule has 5 heteroatoms. The van der Waals surface area contributed by atoms with Crippen LogP contribution in [-0.4, -0.2) is 25.1 Å². The van der Waals surface area contributed by atoms with Crippen LogP contribution in [0.2, 0.25) is 0 Å². The number of rotatable bonds is 2. The van der Waals surface area contributed by atoms with Crippen LogP contribution in [0.4, 0.5) is 0 Å². The van der Waals surface area contributed by atoms with Crippen molar-refractivity contribution in [2.24, 2.45) is 0 Å². The molecule has 21 heavy (non-hydrogen) atoms. The first-order valence-electron chi connectivity index (χ1n) is 6.58. The first-order chi connectivity index (χ1) is 10.4. The van der Waals surface area contributed by atoms with Crippen molar-refractivity contribution in [3.8, 4) is 22.5 Å². The van der Waals surface area contributed by atoms with Crippen molar-refractivity contribution in [3.63, 3.8) is 0 Å². The minimum atomic E-state index is 0.793. The van der Waals surface area contributed by atoms with Crippen LogP contribution >= 0.6 is 0 Å². The molecule has 0 atom stereocenters. The van der Waals surface area contributed by atoms with Crippen LogP contribution in [0.5, 0.6) is 0 Å². The molecule has 1 aromatic carbocycles. The van der Waals surface area contributed by atoms with Crippen molar-refractivity contribution in [2.45, 2.75) is 0 Å². The zero-order valence-corrected chi connectivity index (χ0v) is 11.1. The Balaban J connectivity index is 1.88. The Morgan fingerprint density at radius 3 is 2.62 bits per heavy atom. The van der Waals surface area contributed by atoms with Gasteiger partial charge in [-0.25, -0.2) is 4.98 Å². The molecule has 0 unspecified atom stereocenters. The Morgan fingerprint density at radius 2 is 1.76 bits per heavy atom. The van der Waals surface area contributed by atoms with Gasteiger partial charge in [0.15, 0.2) is 0 Å². The smallest absolute Gasteiger partial charge is 0.0930 e. The quantitative estimate of drug-likeness (QED) is 0.609. The molecule has 3 heterocycles. The van der Waals surface area contributed by atoms with E-state index in [-0.39, 0.29) is 0 Å². The first kappa shape index (κ1) is 11.7. The van der Waals surface area contributed by atoms with Crippen LogP contribution in [0.1, 0.15) is 0 Å². The summed E-state index contributed by atoms with van der Waals surface area (Å²) < 4.78 is 0. The topological polar surface area (TPSA) is 67.3 Å². The number of nitrogens with one attached hydrogen (secondary N) is 1. The van der Waals surface area contributed by atoms with Gasteiger partial charge in [0.05, 0.1) is 34.8 Å². The van der Waals surface area contributed by atoms with E-state index in [2.05, 4.69) is 25.1 Å². The third-order valence-corrected chi connectivity index (χ3v) is 3.31. The first-order valence-corrected chi connectivity index (χ1v) is 6.58. The molecule has 4 rings (SSSR count). The van der Waals surface area contributed by atoms with E-state index in [1.54, 1.807) is 24.8 Å². The molecular weight excluding hydrogens is 262 g/mol. The minimum absolute atomic E-state index is 0.793. The molecule has 4 aromatic rings. The third kappa shape index (κ3) is 2.04. The molecule has 100 valence electrons. The number of benzene rings is 1. The summed E-state index contributed by atoms with van der Waals surface area (Å²) in [6, 6.07) is 11.7. The standard InChI is InChI=1S/C16H11N5/c1-2-6-14-13(5-1)18-10-15(20-14)12-9-19-21-16(12)11-4-3-7-17-8-11/h1-10H,(H,19,21). The Labute approximate surface area is 120 Å². The van der Waals surface area contributed by atoms with E-state index in [1.165, 1.54) is 0 Å². The Morgan fingerprint density at radius 1 is 0.857 bits per heavy atom. The molecule has 1 N–H and O–H groups in total. The van der Waals surface area contributed by atoms with Crippen LogP contribution in [0.25, 0.3) is 33.5 Å². The number of hydrogen-bond acceptors (Lipinski definition) is 4. The fraction of sp³-hybridized carbons (Fsp3) is 0. The minimum Gasteiger partial charge on any atom is -0.277 e. The lowest BCUT2D eigenvalue weighted by Crippen LogP contribution is -1.89. The second-order valence-corrected chi connectivity index (χ2v) is 4.64. The molecule has 3 aromatic heterocycles. The highest BCUT2D eigenvalue weighted by Crippen LogP contribution is 2.28. The SMILES string of the molecule is c1cncc(-c2[nH]ncc2-c2cnc3ccccc3n2)c1. The van der Waals surface area contributed by atoms with Gasteiger partial charge in [0.2, 0.25) is 0 Å². The van der Waals surface area contributed by atoms with E-state index < -0.39 is 0 Å². The zero-order valence-electron chi connectivity index (χ0n) is 11.1. The zero-order chi connectivity index (χ0) is 14.1. The summed E-state index contributed by atoms with van der Waals surface area (Å²) in [5.74, 6) is 0. The Kier molecular flexibility index (Phi) is 2.67. The van der Waals surface area contributed by atoms with Crippen molar-refractivity contribution in [1.29, 1.82) is 0 Å². The second-order valence-electron chi connectivity index (χ2n) is 4.64. The molecule has 0 saturated heterocycles. The predicted molar refractivity (Wildman–Crippen MR) is 80.4 cm³/mol. The van der Waals surface area contributed by atoms with E-state index in [0.717, 1.165) is 33.5 Å². The number of pyridine rings is 1. The van der Waals surface area contributed by atoms with E-state index in [4.69, 9.17) is 0 Å². The van der Waals surface area contributed by atoms with E-state index >= 15 is 0 Å². The molecule has 0 aliphatic carbocycles. The van der Waals surface area contributed by atoms with Crippen molar-refractivity contribution in [1.82, 2.24) is 25.1 Å². The number of aromatic amines is 1. The Bertz CT molecular complexity index is 899. The largest absolute Gasteiger partial charge is 0.277 e. The number of H-pyrrole nitrogens is 1. The van der Waals surface area contributed by atoms with Crippen LogP contribution in [0.3, 0.4) is 0 Å². The van der Waals surface area contributed by atoms with Gasteiger partial charge in [-0.1, -0.05) is 12.1 Å². The lowest BCUT2D eigenvalue weighted by Gasteiger charge is -2.03. The molecule has 0 fully saturated rings. The summed E-state index contributed by atoms with van der Waals surface area (Å²) in [5.41, 5.74) is 5.33. The third-order valence-electron chi connectivity index (χ3n) is 3.31. The summed E-state index contributed by atoms with van der Waals surface area (Å²) in [6.07, 6.45) is 7.08. The van der Waals surface area contributed by atoms with Crippen LogP contribution in [0, 0.1) is 0 Å². The van der Waals surface area contributed by atoms with E-state index in [1.807, 2.05) is 36.4 Å². The summed E-state index contributed by atoms with van der Waals surface area (Å²) in [7, 11) is 0. The highest BCUT2D eigenvalue weighted by atomic mass is 15.1. The predicted octanol–water partition coefficient (Wildman–Crippen LogP) is 3.08. The van der Waals surface area contributed by atoms with Gasteiger partial charge in [-0.05, 0) is 24.3 Å². The van der Waals surface area contributed by atoms with E-state index in [9.17, 15) is 0 Å². The highest BCUT2D eigenvalue weighted by Gasteiger charge is 2.12. The molecule has 5 nitrogen and oxygen atoms in total. The molecule has 0 amide bonds. The lowest BCUT2D eigenvalue weighted by atomic mass is 10.1. The lowest BCUT2D eigenvalue weighted by molar-refractivity contribution is 1.09. The monoisotopic (exact) mass is 273 g/mol. The summed E-state index contributed by atoms with van der Waals surface area (Å²) in [6.45, 7) is 0. The average Bonchev–Trinajstić information content (AvgIpc) is 3.05. The fourth-order valence-electron chi connectivity index (χ4n) is 2.30. The molecule has 0 radical (unpaired) electrons. The van der Waals surface area contributed by atoms with Gasteiger partial charge in [-0.3, -0.25) is 15.1 Å². The molecule has 0 saturated carbocycles. The van der Waals surface area contributed by atoms with Crippen molar-refractivity contribution in [3.05, 3.63) is 61.2 Å². The highest BCUT2D eigenvalue weighted by molar-refractivity contribution is 5.82. The van der Waals surface area contributed by atoms with Gasteiger partial charge in [0.1, 0.15) is 0 Å². The number of para-hydroxylation sites is 2. The number of nitrogens with zero attached hydrogens (tertiary/aromatic N) is 4. The summed E-state index contributed by atoms with van der Waals surface area (Å²) in [4.78, 5) is 13.3. The van der Waals surface area contributed by atoms with Crippen LogP contribution < -0.4 is 0 Å². The number of aromatic nitrogens is 5. The fourth-order valence-corrected chi connectivity index (χ4v) is 2.30. The van der Waals surface area contributed by atoms with Gasteiger partial charge in [0, 0.05) is 23.5 Å². The number of fused-ring (bicyclic) bond motifs is 1. The summed E-state index contributed by atoms with van der Waals surface area (Å²) >= 11 is 0. The van der Waals surface area contributed by atoms with Crippen LogP contribution in [0.15, 0.2) is 61.2 Å². The van der Waals surface area contributed by atoms with Gasteiger partial charge in [0.25, 0.3) is 0 Å². The second kappa shape index (κ2) is 4.79. The maximum absolute atomic E-state index is 4.66. The summed E-state index contributed by atoms with van der Waals surface area (Å²) in [5, 5.41) is 7.15. The molecular formula is C16H11N5. The molecule has 0 aliphatic rings. The number of hydrogen-bond donors (Lipinski definition) is 1. The van der Waals surface area contributed by atoms with Gasteiger partial charge in [-0.2, -0.15) is 5.10 Å². The van der Waals surface area contributed by atoms with Crippen molar-refractivity contribution < 1.29 is 0 Å². The molecule has 0 bridgehead atoms.